The van der Waals surface area contributed by atoms with Gasteiger partial charge >= 0.3 is 0 Å². The second-order valence-corrected chi connectivity index (χ2v) is 6.69. The number of rotatable bonds is 5. The van der Waals surface area contributed by atoms with Crippen LogP contribution in [-0.2, 0) is 4.79 Å². The van der Waals surface area contributed by atoms with Gasteiger partial charge in [-0.25, -0.2) is 0 Å². The molecule has 3 rings (SSSR count). The van der Waals surface area contributed by atoms with Crippen molar-refractivity contribution in [1.29, 1.82) is 0 Å². The SMILES string of the molecule is COc1cccc(C(=O)NCC(=O)N2CCN(C)CC2c2ccccc2)c1. The van der Waals surface area contributed by atoms with Gasteiger partial charge in [0.15, 0.2) is 0 Å². The number of likely N-dealkylation sites (N-methyl/N-ethyl adjacent to an activating group) is 1. The van der Waals surface area contributed by atoms with E-state index >= 15 is 0 Å². The molecule has 6 nitrogen and oxygen atoms in total. The molecule has 0 aromatic heterocycles. The second-order valence-electron chi connectivity index (χ2n) is 6.69. The molecule has 1 saturated heterocycles. The number of hydrogen-bond acceptors (Lipinski definition) is 4. The van der Waals surface area contributed by atoms with Gasteiger partial charge in [0.25, 0.3) is 5.91 Å². The first-order valence-corrected chi connectivity index (χ1v) is 9.03. The Balaban J connectivity index is 1.66. The minimum atomic E-state index is -0.285. The minimum absolute atomic E-state index is 0.00817. The fourth-order valence-corrected chi connectivity index (χ4v) is 3.30. The van der Waals surface area contributed by atoms with Gasteiger partial charge in [-0.15, -0.1) is 0 Å². The summed E-state index contributed by atoms with van der Waals surface area (Å²) in [6.45, 7) is 2.21. The average molecular weight is 367 g/mol. The number of benzene rings is 2. The van der Waals surface area contributed by atoms with Crippen LogP contribution >= 0.6 is 0 Å². The number of piperazine rings is 1. The first-order valence-electron chi connectivity index (χ1n) is 9.03. The highest BCUT2D eigenvalue weighted by Crippen LogP contribution is 2.24. The van der Waals surface area contributed by atoms with Crippen LogP contribution in [0.2, 0.25) is 0 Å². The van der Waals surface area contributed by atoms with Crippen LogP contribution in [0.4, 0.5) is 0 Å². The molecule has 142 valence electrons. The molecule has 2 aromatic rings. The third kappa shape index (κ3) is 4.65. The maximum absolute atomic E-state index is 12.8. The Morgan fingerprint density at radius 2 is 1.89 bits per heavy atom. The maximum atomic E-state index is 12.8. The Morgan fingerprint density at radius 1 is 1.11 bits per heavy atom. The van der Waals surface area contributed by atoms with Crippen molar-refractivity contribution >= 4 is 11.8 Å². The second kappa shape index (κ2) is 8.68. The van der Waals surface area contributed by atoms with Gasteiger partial charge in [-0.2, -0.15) is 0 Å². The number of amides is 2. The van der Waals surface area contributed by atoms with E-state index in [1.54, 1.807) is 31.4 Å². The maximum Gasteiger partial charge on any atom is 0.251 e. The van der Waals surface area contributed by atoms with Gasteiger partial charge in [-0.1, -0.05) is 36.4 Å². The Bertz CT molecular complexity index is 794. The lowest BCUT2D eigenvalue weighted by atomic mass is 10.0. The number of carbonyl (C=O) groups is 2. The Labute approximate surface area is 159 Å². The predicted molar refractivity (Wildman–Crippen MR) is 104 cm³/mol. The van der Waals surface area contributed by atoms with Crippen LogP contribution in [0.5, 0.6) is 5.75 Å². The average Bonchev–Trinajstić information content (AvgIpc) is 2.72. The van der Waals surface area contributed by atoms with Crippen molar-refractivity contribution in [2.75, 3.05) is 40.3 Å². The van der Waals surface area contributed by atoms with Crippen molar-refractivity contribution in [3.8, 4) is 5.75 Å². The molecule has 0 saturated carbocycles. The van der Waals surface area contributed by atoms with Crippen LogP contribution in [0.15, 0.2) is 54.6 Å². The van der Waals surface area contributed by atoms with Gasteiger partial charge in [-0.3, -0.25) is 9.59 Å². The molecule has 0 aliphatic carbocycles. The summed E-state index contributed by atoms with van der Waals surface area (Å²) in [5.41, 5.74) is 1.58. The van der Waals surface area contributed by atoms with E-state index in [4.69, 9.17) is 4.74 Å². The van der Waals surface area contributed by atoms with Crippen molar-refractivity contribution in [3.05, 3.63) is 65.7 Å². The number of hydrogen-bond donors (Lipinski definition) is 1. The molecule has 1 aliphatic rings. The zero-order chi connectivity index (χ0) is 19.2. The molecule has 1 N–H and O–H groups in total. The predicted octanol–water partition coefficient (Wildman–Crippen LogP) is 1.94. The highest BCUT2D eigenvalue weighted by molar-refractivity contribution is 5.96. The van der Waals surface area contributed by atoms with E-state index in [-0.39, 0.29) is 24.4 Å². The molecular weight excluding hydrogens is 342 g/mol. The normalized spacial score (nSPS) is 17.4. The molecule has 1 unspecified atom stereocenters. The van der Waals surface area contributed by atoms with Crippen LogP contribution in [0.25, 0.3) is 0 Å². The molecule has 27 heavy (non-hydrogen) atoms. The summed E-state index contributed by atoms with van der Waals surface area (Å²) >= 11 is 0. The summed E-state index contributed by atoms with van der Waals surface area (Å²) in [5.74, 6) is 0.248. The van der Waals surface area contributed by atoms with Crippen molar-refractivity contribution in [3.63, 3.8) is 0 Å². The van der Waals surface area contributed by atoms with E-state index < -0.39 is 0 Å². The van der Waals surface area contributed by atoms with E-state index in [0.29, 0.717) is 17.9 Å². The zero-order valence-corrected chi connectivity index (χ0v) is 15.7. The third-order valence-corrected chi connectivity index (χ3v) is 4.82. The van der Waals surface area contributed by atoms with Crippen molar-refractivity contribution in [2.45, 2.75) is 6.04 Å². The van der Waals surface area contributed by atoms with Crippen LogP contribution in [0.3, 0.4) is 0 Å². The summed E-state index contributed by atoms with van der Waals surface area (Å²) in [6, 6.07) is 16.9. The molecule has 6 heteroatoms. The first kappa shape index (κ1) is 18.9. The monoisotopic (exact) mass is 367 g/mol. The van der Waals surface area contributed by atoms with Crippen LogP contribution in [0, 0.1) is 0 Å². The lowest BCUT2D eigenvalue weighted by Crippen LogP contribution is -2.51. The van der Waals surface area contributed by atoms with Crippen molar-refractivity contribution < 1.29 is 14.3 Å². The van der Waals surface area contributed by atoms with Gasteiger partial charge in [0.2, 0.25) is 5.91 Å². The lowest BCUT2D eigenvalue weighted by Gasteiger charge is -2.40. The molecule has 0 bridgehead atoms. The molecule has 1 heterocycles. The van der Waals surface area contributed by atoms with Crippen LogP contribution in [0.1, 0.15) is 22.0 Å². The number of nitrogens with one attached hydrogen (secondary N) is 1. The van der Waals surface area contributed by atoms with E-state index in [1.807, 2.05) is 35.2 Å². The first-order chi connectivity index (χ1) is 13.1. The highest BCUT2D eigenvalue weighted by Gasteiger charge is 2.30. The molecule has 1 fully saturated rings. The molecular formula is C21H25N3O3. The summed E-state index contributed by atoms with van der Waals surface area (Å²) in [6.07, 6.45) is 0. The van der Waals surface area contributed by atoms with Gasteiger partial charge in [0.05, 0.1) is 19.7 Å². The number of methoxy groups -OCH3 is 1. The molecule has 0 spiro atoms. The van der Waals surface area contributed by atoms with Crippen molar-refractivity contribution in [1.82, 2.24) is 15.1 Å². The zero-order valence-electron chi connectivity index (χ0n) is 15.7. The Morgan fingerprint density at radius 3 is 2.63 bits per heavy atom. The van der Waals surface area contributed by atoms with Gasteiger partial charge < -0.3 is 19.9 Å². The molecule has 0 radical (unpaired) electrons. The molecule has 2 aromatic carbocycles. The third-order valence-electron chi connectivity index (χ3n) is 4.82. The lowest BCUT2D eigenvalue weighted by molar-refractivity contribution is -0.135. The fraction of sp³-hybridized carbons (Fsp3) is 0.333. The topological polar surface area (TPSA) is 61.9 Å². The van der Waals surface area contributed by atoms with Crippen molar-refractivity contribution in [2.24, 2.45) is 0 Å². The fourth-order valence-electron chi connectivity index (χ4n) is 3.30. The van der Waals surface area contributed by atoms with Crippen LogP contribution in [-0.4, -0.2) is 62.0 Å². The molecule has 2 amide bonds. The van der Waals surface area contributed by atoms with E-state index in [9.17, 15) is 9.59 Å². The Hall–Kier alpha value is -2.86. The number of nitrogens with zero attached hydrogens (tertiary/aromatic N) is 2. The molecule has 1 aliphatic heterocycles. The van der Waals surface area contributed by atoms with Gasteiger partial charge in [0, 0.05) is 25.2 Å². The van der Waals surface area contributed by atoms with E-state index in [1.165, 1.54) is 0 Å². The summed E-state index contributed by atoms with van der Waals surface area (Å²) < 4.78 is 5.14. The molecule has 1 atom stereocenters. The van der Waals surface area contributed by atoms with Gasteiger partial charge in [0.1, 0.15) is 5.75 Å². The number of carbonyl (C=O) groups excluding carboxylic acids is 2. The number of ether oxygens (including phenoxy) is 1. The summed E-state index contributed by atoms with van der Waals surface area (Å²) in [5, 5.41) is 2.73. The smallest absolute Gasteiger partial charge is 0.251 e. The van der Waals surface area contributed by atoms with E-state index in [2.05, 4.69) is 17.3 Å². The standard InChI is InChI=1S/C21H25N3O3/c1-23-11-12-24(19(15-23)16-7-4-3-5-8-16)20(25)14-22-21(26)17-9-6-10-18(13-17)27-2/h3-10,13,19H,11-12,14-15H2,1-2H3,(H,22,26). The summed E-state index contributed by atoms with van der Waals surface area (Å²) in [7, 11) is 3.61. The quantitative estimate of drug-likeness (QED) is 0.877. The minimum Gasteiger partial charge on any atom is -0.497 e. The Kier molecular flexibility index (Phi) is 6.08. The van der Waals surface area contributed by atoms with Crippen LogP contribution < -0.4 is 10.1 Å². The largest absolute Gasteiger partial charge is 0.497 e. The highest BCUT2D eigenvalue weighted by atomic mass is 16.5. The van der Waals surface area contributed by atoms with Gasteiger partial charge in [-0.05, 0) is 30.8 Å². The summed E-state index contributed by atoms with van der Waals surface area (Å²) in [4.78, 5) is 29.3. The van der Waals surface area contributed by atoms with E-state index in [0.717, 1.165) is 18.7 Å².